The summed E-state index contributed by atoms with van der Waals surface area (Å²) in [5, 5.41) is 2.35. The van der Waals surface area contributed by atoms with E-state index in [-0.39, 0.29) is 12.0 Å². The van der Waals surface area contributed by atoms with Crippen molar-refractivity contribution in [3.8, 4) is 0 Å². The highest BCUT2D eigenvalue weighted by atomic mass is 19.1. The van der Waals surface area contributed by atoms with E-state index < -0.39 is 29.5 Å². The number of hydrogen-bond donors (Lipinski definition) is 2. The molecular weight excluding hydrogens is 266 g/mol. The second-order valence-corrected chi connectivity index (χ2v) is 4.60. The van der Waals surface area contributed by atoms with Crippen LogP contribution in [-0.2, 0) is 4.79 Å². The lowest BCUT2D eigenvalue weighted by Crippen LogP contribution is -2.44. The molecule has 4 nitrogen and oxygen atoms in total. The number of rotatable bonds is 5. The van der Waals surface area contributed by atoms with Crippen LogP contribution >= 0.6 is 0 Å². The first-order valence-electron chi connectivity index (χ1n) is 5.99. The second kappa shape index (κ2) is 6.79. The van der Waals surface area contributed by atoms with Crippen molar-refractivity contribution in [2.24, 2.45) is 5.73 Å². The minimum Gasteiger partial charge on any atom is -0.368 e. The van der Waals surface area contributed by atoms with Crippen molar-refractivity contribution in [1.82, 2.24) is 5.32 Å². The van der Waals surface area contributed by atoms with E-state index in [1.807, 2.05) is 13.8 Å². The molecule has 1 aromatic carbocycles. The molecule has 0 saturated heterocycles. The van der Waals surface area contributed by atoms with Crippen molar-refractivity contribution in [1.29, 1.82) is 0 Å². The number of primary amides is 1. The number of halogens is 2. The van der Waals surface area contributed by atoms with Crippen LogP contribution in [0.15, 0.2) is 29.8 Å². The molecular formula is C14H16F2N2O2. The molecule has 2 amide bonds. The van der Waals surface area contributed by atoms with Crippen LogP contribution < -0.4 is 11.1 Å². The molecule has 1 aromatic rings. The fourth-order valence-corrected chi connectivity index (χ4v) is 1.53. The average Bonchev–Trinajstić information content (AvgIpc) is 2.32. The van der Waals surface area contributed by atoms with Crippen LogP contribution in [0.1, 0.15) is 30.6 Å². The molecule has 6 heteroatoms. The molecule has 20 heavy (non-hydrogen) atoms. The maximum absolute atomic E-state index is 13.0. The Hall–Kier alpha value is -2.24. The highest BCUT2D eigenvalue weighted by Gasteiger charge is 2.18. The van der Waals surface area contributed by atoms with Crippen molar-refractivity contribution >= 4 is 11.8 Å². The number of amides is 2. The van der Waals surface area contributed by atoms with Gasteiger partial charge in [-0.05, 0) is 32.4 Å². The molecule has 0 heterocycles. The summed E-state index contributed by atoms with van der Waals surface area (Å²) in [7, 11) is 0. The van der Waals surface area contributed by atoms with Crippen LogP contribution in [-0.4, -0.2) is 17.9 Å². The van der Waals surface area contributed by atoms with Crippen LogP contribution in [0, 0.1) is 11.6 Å². The molecule has 0 aliphatic heterocycles. The standard InChI is InChI=1S/C14H16F2N2O2/c1-8(2)3-4-12(13(17)19)18-14(20)9-5-10(15)7-11(16)6-9/h3,5-7,12H,4H2,1-2H3,(H2,17,19)(H,18,20)/t12-/m0/s1. The monoisotopic (exact) mass is 282 g/mol. The van der Waals surface area contributed by atoms with Crippen LogP contribution in [0.5, 0.6) is 0 Å². The average molecular weight is 282 g/mol. The van der Waals surface area contributed by atoms with Crippen LogP contribution in [0.25, 0.3) is 0 Å². The number of carbonyl (C=O) groups is 2. The number of carbonyl (C=O) groups excluding carboxylic acids is 2. The number of nitrogens with two attached hydrogens (primary N) is 1. The van der Waals surface area contributed by atoms with E-state index in [0.29, 0.717) is 6.07 Å². The first-order valence-corrected chi connectivity index (χ1v) is 5.99. The Kier molecular flexibility index (Phi) is 5.37. The first-order chi connectivity index (χ1) is 9.29. The third-order valence-electron chi connectivity index (χ3n) is 2.54. The number of allylic oxidation sites excluding steroid dienone is 1. The molecule has 1 rings (SSSR count). The van der Waals surface area contributed by atoms with Gasteiger partial charge in [0.05, 0.1) is 0 Å². The van der Waals surface area contributed by atoms with Gasteiger partial charge in [0, 0.05) is 11.6 Å². The van der Waals surface area contributed by atoms with Gasteiger partial charge < -0.3 is 11.1 Å². The van der Waals surface area contributed by atoms with E-state index in [9.17, 15) is 18.4 Å². The van der Waals surface area contributed by atoms with Crippen LogP contribution in [0.3, 0.4) is 0 Å². The smallest absolute Gasteiger partial charge is 0.252 e. The zero-order valence-electron chi connectivity index (χ0n) is 11.2. The summed E-state index contributed by atoms with van der Waals surface area (Å²) in [6.45, 7) is 3.67. The van der Waals surface area contributed by atoms with Gasteiger partial charge in [0.25, 0.3) is 5.91 Å². The molecule has 108 valence electrons. The highest BCUT2D eigenvalue weighted by Crippen LogP contribution is 2.09. The molecule has 0 fully saturated rings. The molecule has 0 radical (unpaired) electrons. The molecule has 0 aliphatic carbocycles. The fraction of sp³-hybridized carbons (Fsp3) is 0.286. The quantitative estimate of drug-likeness (QED) is 0.810. The zero-order chi connectivity index (χ0) is 15.3. The summed E-state index contributed by atoms with van der Waals surface area (Å²) in [5.74, 6) is -3.20. The van der Waals surface area contributed by atoms with Crippen molar-refractivity contribution in [3.05, 3.63) is 47.0 Å². The van der Waals surface area contributed by atoms with Crippen molar-refractivity contribution in [3.63, 3.8) is 0 Å². The van der Waals surface area contributed by atoms with Crippen molar-refractivity contribution < 1.29 is 18.4 Å². The maximum atomic E-state index is 13.0. The Labute approximate surface area is 115 Å². The Bertz CT molecular complexity index is 532. The largest absolute Gasteiger partial charge is 0.368 e. The third-order valence-corrected chi connectivity index (χ3v) is 2.54. The summed E-state index contributed by atoms with van der Waals surface area (Å²) in [6, 6.07) is 1.50. The minimum atomic E-state index is -0.927. The van der Waals surface area contributed by atoms with Crippen molar-refractivity contribution in [2.75, 3.05) is 0 Å². The molecule has 0 bridgehead atoms. The number of nitrogens with one attached hydrogen (secondary N) is 1. The molecule has 0 unspecified atom stereocenters. The molecule has 0 aromatic heterocycles. The number of benzene rings is 1. The van der Waals surface area contributed by atoms with E-state index in [4.69, 9.17) is 5.73 Å². The topological polar surface area (TPSA) is 72.2 Å². The van der Waals surface area contributed by atoms with Gasteiger partial charge in [0.2, 0.25) is 5.91 Å². The van der Waals surface area contributed by atoms with Gasteiger partial charge in [-0.15, -0.1) is 0 Å². The first kappa shape index (κ1) is 15.8. The van der Waals surface area contributed by atoms with Crippen LogP contribution in [0.2, 0.25) is 0 Å². The van der Waals surface area contributed by atoms with E-state index in [0.717, 1.165) is 17.7 Å². The van der Waals surface area contributed by atoms with Crippen LogP contribution in [0.4, 0.5) is 8.78 Å². The van der Waals surface area contributed by atoms with Gasteiger partial charge >= 0.3 is 0 Å². The molecule has 1 atom stereocenters. The number of hydrogen-bond acceptors (Lipinski definition) is 2. The molecule has 0 spiro atoms. The second-order valence-electron chi connectivity index (χ2n) is 4.60. The summed E-state index contributed by atoms with van der Waals surface area (Å²) in [6.07, 6.45) is 1.96. The molecule has 3 N–H and O–H groups in total. The van der Waals surface area contributed by atoms with Gasteiger partial charge in [-0.25, -0.2) is 8.78 Å². The minimum absolute atomic E-state index is 0.203. The summed E-state index contributed by atoms with van der Waals surface area (Å²) in [5.41, 5.74) is 5.94. The van der Waals surface area contributed by atoms with E-state index >= 15 is 0 Å². The molecule has 0 saturated carbocycles. The summed E-state index contributed by atoms with van der Waals surface area (Å²) < 4.78 is 26.0. The predicted octanol–water partition coefficient (Wildman–Crippen LogP) is 1.90. The van der Waals surface area contributed by atoms with E-state index in [2.05, 4.69) is 5.32 Å². The predicted molar refractivity (Wildman–Crippen MR) is 70.9 cm³/mol. The zero-order valence-corrected chi connectivity index (χ0v) is 11.2. The summed E-state index contributed by atoms with van der Waals surface area (Å²) >= 11 is 0. The fourth-order valence-electron chi connectivity index (χ4n) is 1.53. The lowest BCUT2D eigenvalue weighted by Gasteiger charge is -2.14. The van der Waals surface area contributed by atoms with Gasteiger partial charge in [0.1, 0.15) is 17.7 Å². The lowest BCUT2D eigenvalue weighted by atomic mass is 10.1. The van der Waals surface area contributed by atoms with E-state index in [1.165, 1.54) is 0 Å². The van der Waals surface area contributed by atoms with Gasteiger partial charge in [0.15, 0.2) is 0 Å². The SMILES string of the molecule is CC(C)=CC[C@H](NC(=O)c1cc(F)cc(F)c1)C(N)=O. The maximum Gasteiger partial charge on any atom is 0.252 e. The molecule has 0 aliphatic rings. The highest BCUT2D eigenvalue weighted by molar-refractivity contribution is 5.97. The Balaban J connectivity index is 2.85. The van der Waals surface area contributed by atoms with Gasteiger partial charge in [-0.1, -0.05) is 11.6 Å². The Morgan fingerprint density at radius 2 is 1.80 bits per heavy atom. The van der Waals surface area contributed by atoms with E-state index in [1.54, 1.807) is 6.08 Å². The summed E-state index contributed by atoms with van der Waals surface area (Å²) in [4.78, 5) is 23.1. The lowest BCUT2D eigenvalue weighted by molar-refractivity contribution is -0.119. The third kappa shape index (κ3) is 4.79. The van der Waals surface area contributed by atoms with Gasteiger partial charge in [-0.3, -0.25) is 9.59 Å². The normalized spacial score (nSPS) is 11.6. The van der Waals surface area contributed by atoms with Crippen molar-refractivity contribution in [2.45, 2.75) is 26.3 Å². The van der Waals surface area contributed by atoms with Gasteiger partial charge in [-0.2, -0.15) is 0 Å². The Morgan fingerprint density at radius 1 is 1.25 bits per heavy atom. The Morgan fingerprint density at radius 3 is 2.25 bits per heavy atom.